The van der Waals surface area contributed by atoms with Gasteiger partial charge < -0.3 is 25.0 Å². The molecule has 0 bridgehead atoms. The number of benzene rings is 1. The predicted molar refractivity (Wildman–Crippen MR) is 132 cm³/mol. The highest BCUT2D eigenvalue weighted by Crippen LogP contribution is 2.35. The molecule has 4 heterocycles. The Morgan fingerprint density at radius 3 is 2.62 bits per heavy atom. The van der Waals surface area contributed by atoms with Crippen molar-refractivity contribution in [2.45, 2.75) is 19.2 Å². The molecule has 0 radical (unpaired) electrons. The largest absolute Gasteiger partial charge is 0.470 e. The van der Waals surface area contributed by atoms with E-state index < -0.39 is 17.6 Å². The SMILES string of the molecule is Cc1ncc(NC(=O)c2cccc(C(F)(F)F)c2)cc1-c1cnc(OC2CNC2)c(N2CCOCC2)c1. The fraction of sp³-hybridized carbons (Fsp3) is 0.346. The number of hydrogen-bond donors (Lipinski definition) is 2. The second-order valence-corrected chi connectivity index (χ2v) is 8.94. The van der Waals surface area contributed by atoms with Gasteiger partial charge >= 0.3 is 6.18 Å². The summed E-state index contributed by atoms with van der Waals surface area (Å²) in [5, 5.41) is 5.84. The van der Waals surface area contributed by atoms with Crippen molar-refractivity contribution >= 4 is 17.3 Å². The van der Waals surface area contributed by atoms with Crippen LogP contribution in [0.4, 0.5) is 24.5 Å². The van der Waals surface area contributed by atoms with Crippen molar-refractivity contribution in [3.8, 4) is 17.0 Å². The molecule has 2 aliphatic heterocycles. The minimum absolute atomic E-state index is 0.0657. The average Bonchev–Trinajstić information content (AvgIpc) is 2.87. The van der Waals surface area contributed by atoms with Crippen molar-refractivity contribution in [1.82, 2.24) is 15.3 Å². The number of nitrogens with one attached hydrogen (secondary N) is 2. The first-order chi connectivity index (χ1) is 17.8. The zero-order valence-corrected chi connectivity index (χ0v) is 20.1. The molecule has 11 heteroatoms. The lowest BCUT2D eigenvalue weighted by molar-refractivity contribution is -0.137. The van der Waals surface area contributed by atoms with Gasteiger partial charge in [-0.3, -0.25) is 9.78 Å². The summed E-state index contributed by atoms with van der Waals surface area (Å²) in [5.74, 6) is -0.107. The van der Waals surface area contributed by atoms with Crippen LogP contribution < -0.4 is 20.3 Å². The molecule has 0 atom stereocenters. The second-order valence-electron chi connectivity index (χ2n) is 8.94. The number of halogens is 3. The van der Waals surface area contributed by atoms with E-state index in [-0.39, 0.29) is 11.7 Å². The quantitative estimate of drug-likeness (QED) is 0.517. The second kappa shape index (κ2) is 10.3. The Labute approximate surface area is 211 Å². The van der Waals surface area contributed by atoms with Crippen LogP contribution in [0.2, 0.25) is 0 Å². The number of alkyl halides is 3. The van der Waals surface area contributed by atoms with Crippen LogP contribution in [0.1, 0.15) is 21.6 Å². The third kappa shape index (κ3) is 5.67. The van der Waals surface area contributed by atoms with Gasteiger partial charge in [-0.15, -0.1) is 0 Å². The molecule has 37 heavy (non-hydrogen) atoms. The van der Waals surface area contributed by atoms with Crippen molar-refractivity contribution in [3.63, 3.8) is 0 Å². The number of pyridine rings is 2. The molecule has 0 saturated carbocycles. The third-order valence-corrected chi connectivity index (χ3v) is 6.31. The molecular formula is C26H26F3N5O3. The number of nitrogens with zero attached hydrogens (tertiary/aromatic N) is 3. The van der Waals surface area contributed by atoms with Crippen LogP contribution in [0.15, 0.2) is 48.8 Å². The van der Waals surface area contributed by atoms with Crippen LogP contribution in [0.5, 0.6) is 5.88 Å². The predicted octanol–water partition coefficient (Wildman–Crippen LogP) is 3.91. The van der Waals surface area contributed by atoms with Gasteiger partial charge in [0.05, 0.1) is 30.7 Å². The number of anilines is 2. The summed E-state index contributed by atoms with van der Waals surface area (Å²) in [5.41, 5.74) is 2.46. The van der Waals surface area contributed by atoms with Gasteiger partial charge in [-0.2, -0.15) is 13.2 Å². The lowest BCUT2D eigenvalue weighted by atomic mass is 10.0. The summed E-state index contributed by atoms with van der Waals surface area (Å²) < 4.78 is 50.8. The molecule has 0 spiro atoms. The van der Waals surface area contributed by atoms with Crippen LogP contribution in [-0.2, 0) is 10.9 Å². The fourth-order valence-electron chi connectivity index (χ4n) is 4.15. The Bertz CT molecular complexity index is 1290. The molecule has 2 aromatic heterocycles. The molecule has 1 aromatic carbocycles. The standard InChI is InChI=1S/C26H26F3N5O3/c1-16-22(11-20(13-31-16)33-24(35)17-3-2-4-19(9-17)26(27,28)29)18-10-23(34-5-7-36-8-6-34)25(32-12-18)37-21-14-30-15-21/h2-4,9-13,21,30H,5-8,14-15H2,1H3,(H,33,35). The van der Waals surface area contributed by atoms with Crippen molar-refractivity contribution in [2.75, 3.05) is 49.6 Å². The number of aryl methyl sites for hydroxylation is 1. The van der Waals surface area contributed by atoms with E-state index in [1.54, 1.807) is 12.3 Å². The first-order valence-corrected chi connectivity index (χ1v) is 11.9. The molecular weight excluding hydrogens is 487 g/mol. The maximum Gasteiger partial charge on any atom is 0.416 e. The number of amides is 1. The van der Waals surface area contributed by atoms with E-state index in [2.05, 4.69) is 25.5 Å². The van der Waals surface area contributed by atoms with E-state index >= 15 is 0 Å². The number of ether oxygens (including phenoxy) is 2. The molecule has 2 saturated heterocycles. The van der Waals surface area contributed by atoms with Crippen LogP contribution in [0, 0.1) is 6.92 Å². The lowest BCUT2D eigenvalue weighted by Gasteiger charge is -2.33. The van der Waals surface area contributed by atoms with E-state index in [9.17, 15) is 18.0 Å². The van der Waals surface area contributed by atoms with Gasteiger partial charge in [0.25, 0.3) is 5.91 Å². The highest BCUT2D eigenvalue weighted by molar-refractivity contribution is 6.04. The van der Waals surface area contributed by atoms with Crippen molar-refractivity contribution < 1.29 is 27.4 Å². The smallest absolute Gasteiger partial charge is 0.416 e. The van der Waals surface area contributed by atoms with E-state index in [4.69, 9.17) is 9.47 Å². The maximum absolute atomic E-state index is 13.1. The topological polar surface area (TPSA) is 88.6 Å². The highest BCUT2D eigenvalue weighted by atomic mass is 19.4. The first-order valence-electron chi connectivity index (χ1n) is 11.9. The van der Waals surface area contributed by atoms with E-state index in [1.807, 2.05) is 13.0 Å². The third-order valence-electron chi connectivity index (χ3n) is 6.31. The Morgan fingerprint density at radius 1 is 1.14 bits per heavy atom. The number of aromatic nitrogens is 2. The van der Waals surface area contributed by atoms with Gasteiger partial charge in [0.1, 0.15) is 11.8 Å². The van der Waals surface area contributed by atoms with Crippen LogP contribution >= 0.6 is 0 Å². The van der Waals surface area contributed by atoms with Crippen LogP contribution in [0.25, 0.3) is 11.1 Å². The summed E-state index contributed by atoms with van der Waals surface area (Å²) in [6.07, 6.45) is -1.29. The lowest BCUT2D eigenvalue weighted by Crippen LogP contribution is -2.50. The van der Waals surface area contributed by atoms with E-state index in [0.29, 0.717) is 43.6 Å². The summed E-state index contributed by atoms with van der Waals surface area (Å²) in [7, 11) is 0. The summed E-state index contributed by atoms with van der Waals surface area (Å²) in [6.45, 7) is 5.99. The van der Waals surface area contributed by atoms with Crippen LogP contribution in [-0.4, -0.2) is 61.4 Å². The molecule has 2 N–H and O–H groups in total. The van der Waals surface area contributed by atoms with E-state index in [0.717, 1.165) is 42.0 Å². The zero-order valence-electron chi connectivity index (χ0n) is 20.1. The molecule has 8 nitrogen and oxygen atoms in total. The summed E-state index contributed by atoms with van der Waals surface area (Å²) in [6, 6.07) is 8.02. The number of hydrogen-bond acceptors (Lipinski definition) is 7. The zero-order chi connectivity index (χ0) is 26.0. The van der Waals surface area contributed by atoms with Gasteiger partial charge in [0, 0.05) is 54.8 Å². The summed E-state index contributed by atoms with van der Waals surface area (Å²) >= 11 is 0. The molecule has 0 aliphatic carbocycles. The first kappa shape index (κ1) is 25.0. The van der Waals surface area contributed by atoms with Gasteiger partial charge in [0.15, 0.2) is 0 Å². The monoisotopic (exact) mass is 513 g/mol. The number of morpholine rings is 1. The minimum Gasteiger partial charge on any atom is -0.470 e. The Morgan fingerprint density at radius 2 is 1.92 bits per heavy atom. The fourth-order valence-corrected chi connectivity index (χ4v) is 4.15. The highest BCUT2D eigenvalue weighted by Gasteiger charge is 2.31. The average molecular weight is 514 g/mol. The van der Waals surface area contributed by atoms with E-state index in [1.165, 1.54) is 18.3 Å². The van der Waals surface area contributed by atoms with Gasteiger partial charge in [0.2, 0.25) is 5.88 Å². The van der Waals surface area contributed by atoms with Gasteiger partial charge in [-0.25, -0.2) is 4.98 Å². The minimum atomic E-state index is -4.54. The normalized spacial score (nSPS) is 16.3. The molecule has 1 amide bonds. The molecule has 194 valence electrons. The van der Waals surface area contributed by atoms with Gasteiger partial charge in [-0.1, -0.05) is 6.07 Å². The number of carbonyl (C=O) groups excluding carboxylic acids is 1. The maximum atomic E-state index is 13.1. The van der Waals surface area contributed by atoms with Crippen LogP contribution in [0.3, 0.4) is 0 Å². The van der Waals surface area contributed by atoms with Crippen molar-refractivity contribution in [3.05, 3.63) is 65.6 Å². The van der Waals surface area contributed by atoms with Crippen molar-refractivity contribution in [1.29, 1.82) is 0 Å². The molecule has 2 fully saturated rings. The molecule has 2 aliphatic rings. The number of carbonyl (C=O) groups is 1. The van der Waals surface area contributed by atoms with Crippen molar-refractivity contribution in [2.24, 2.45) is 0 Å². The van der Waals surface area contributed by atoms with Gasteiger partial charge in [-0.05, 0) is 37.3 Å². The number of rotatable bonds is 6. The Hall–Kier alpha value is -3.70. The molecule has 5 rings (SSSR count). The summed E-state index contributed by atoms with van der Waals surface area (Å²) in [4.78, 5) is 23.9. The Kier molecular flexibility index (Phi) is 6.98. The Balaban J connectivity index is 1.42. The molecule has 3 aromatic rings. The molecule has 0 unspecified atom stereocenters.